The standard InChI is InChI=1S/C22H27N9O8S2/c1-10-26-29-30(27-10)6-11-8-41(36)18-14(25-16(32)13(28-37-5)12-7-40-21(23)24-12)17(33)31(18)15(11)19(34)38-9-39-20(35)22(2,3)4/h7,14,18H,6,8-9H2,1-5H3,(H2,23,24)(H,25,32)/b28-13-/t14-,18-,41?/m1/s1. The Morgan fingerprint density at radius 1 is 1.29 bits per heavy atom. The van der Waals surface area contributed by atoms with Crippen LogP contribution >= 0.6 is 11.3 Å². The fraction of sp³-hybridized carbons (Fsp3) is 0.500. The number of esters is 2. The number of β-lactam (4-membered cyclic amide) rings is 1. The SMILES string of the molecule is CO/N=C(\C(=O)N[C@@H]1C(=O)N2C(C(=O)OCOC(=O)C(C)(C)C)=C(Cn3nnc(C)n3)CS(=O)[C@H]12)c1csc(N)n1. The van der Waals surface area contributed by atoms with E-state index >= 15 is 0 Å². The summed E-state index contributed by atoms with van der Waals surface area (Å²) in [5.41, 5.74) is 4.69. The van der Waals surface area contributed by atoms with Gasteiger partial charge in [0.25, 0.3) is 11.8 Å². The number of nitrogens with zero attached hydrogens (tertiary/aromatic N) is 7. The monoisotopic (exact) mass is 609 g/mol. The predicted octanol–water partition coefficient (Wildman–Crippen LogP) is -1.17. The van der Waals surface area contributed by atoms with Gasteiger partial charge in [0.15, 0.2) is 16.7 Å². The van der Waals surface area contributed by atoms with Crippen LogP contribution < -0.4 is 11.1 Å². The molecule has 0 aliphatic carbocycles. The van der Waals surface area contributed by atoms with Crippen molar-refractivity contribution in [3.63, 3.8) is 0 Å². The predicted molar refractivity (Wildman–Crippen MR) is 142 cm³/mol. The van der Waals surface area contributed by atoms with Gasteiger partial charge in [-0.3, -0.25) is 23.5 Å². The second-order valence-electron chi connectivity index (χ2n) is 9.82. The van der Waals surface area contributed by atoms with E-state index in [-0.39, 0.29) is 40.1 Å². The molecule has 220 valence electrons. The van der Waals surface area contributed by atoms with E-state index in [1.165, 1.54) is 17.3 Å². The Hall–Kier alpha value is -4.26. The number of fused-ring (bicyclic) bond motifs is 1. The molecule has 1 fully saturated rings. The zero-order valence-corrected chi connectivity index (χ0v) is 24.3. The van der Waals surface area contributed by atoms with Gasteiger partial charge in [0.05, 0.1) is 28.5 Å². The number of thiazole rings is 1. The van der Waals surface area contributed by atoms with Gasteiger partial charge in [-0.15, -0.1) is 21.5 Å². The number of rotatable bonds is 9. The van der Waals surface area contributed by atoms with Gasteiger partial charge in [-0.2, -0.15) is 4.80 Å². The van der Waals surface area contributed by atoms with Gasteiger partial charge in [-0.1, -0.05) is 5.16 Å². The second kappa shape index (κ2) is 11.7. The van der Waals surface area contributed by atoms with Crippen LogP contribution in [0.1, 0.15) is 32.3 Å². The molecule has 0 aromatic carbocycles. The van der Waals surface area contributed by atoms with Gasteiger partial charge in [-0.05, 0) is 38.5 Å². The first kappa shape index (κ1) is 29.7. The summed E-state index contributed by atoms with van der Waals surface area (Å²) >= 11 is 1.07. The zero-order chi connectivity index (χ0) is 30.1. The van der Waals surface area contributed by atoms with Gasteiger partial charge in [0.2, 0.25) is 6.79 Å². The summed E-state index contributed by atoms with van der Waals surface area (Å²) in [5, 5.41) is 18.5. The minimum atomic E-state index is -1.77. The van der Waals surface area contributed by atoms with E-state index in [2.05, 4.69) is 30.9 Å². The van der Waals surface area contributed by atoms with Crippen LogP contribution in [-0.2, 0) is 50.8 Å². The first-order valence-electron chi connectivity index (χ1n) is 12.0. The molecule has 0 radical (unpaired) electrons. The molecule has 1 saturated heterocycles. The highest BCUT2D eigenvalue weighted by Gasteiger charge is 2.57. The summed E-state index contributed by atoms with van der Waals surface area (Å²) in [6.07, 6.45) is 0. The highest BCUT2D eigenvalue weighted by Crippen LogP contribution is 2.36. The maximum Gasteiger partial charge on any atom is 0.358 e. The van der Waals surface area contributed by atoms with Crippen molar-refractivity contribution in [1.29, 1.82) is 0 Å². The summed E-state index contributed by atoms with van der Waals surface area (Å²) in [4.78, 5) is 62.6. The van der Waals surface area contributed by atoms with Gasteiger partial charge < -0.3 is 25.4 Å². The summed E-state index contributed by atoms with van der Waals surface area (Å²) in [6, 6.07) is -1.27. The molecule has 3 atom stereocenters. The van der Waals surface area contributed by atoms with Crippen LogP contribution in [0, 0.1) is 12.3 Å². The quantitative estimate of drug-likeness (QED) is 0.113. The molecule has 2 aromatic heterocycles. The number of nitrogens with two attached hydrogens (primary N) is 1. The Kier molecular flexibility index (Phi) is 8.47. The lowest BCUT2D eigenvalue weighted by Gasteiger charge is -2.49. The third-order valence-corrected chi connectivity index (χ3v) is 8.05. The van der Waals surface area contributed by atoms with E-state index in [1.807, 2.05) is 0 Å². The second-order valence-corrected chi connectivity index (χ2v) is 12.2. The Morgan fingerprint density at radius 3 is 2.61 bits per heavy atom. The number of tetrazole rings is 1. The highest BCUT2D eigenvalue weighted by molar-refractivity contribution is 7.86. The molecular weight excluding hydrogens is 582 g/mol. The third-order valence-electron chi connectivity index (χ3n) is 5.72. The number of carbonyl (C=O) groups excluding carboxylic acids is 4. The lowest BCUT2D eigenvalue weighted by atomic mass is 9.98. The number of hydrogen-bond acceptors (Lipinski definition) is 15. The van der Waals surface area contributed by atoms with E-state index in [9.17, 15) is 23.4 Å². The molecule has 4 heterocycles. The van der Waals surface area contributed by atoms with Gasteiger partial charge in [0.1, 0.15) is 29.9 Å². The first-order valence-corrected chi connectivity index (χ1v) is 14.2. The topological polar surface area (TPSA) is 223 Å². The van der Waals surface area contributed by atoms with Crippen molar-refractivity contribution in [2.75, 3.05) is 25.4 Å². The van der Waals surface area contributed by atoms with Crippen LogP contribution in [0.2, 0.25) is 0 Å². The third kappa shape index (κ3) is 6.24. The highest BCUT2D eigenvalue weighted by atomic mass is 32.2. The van der Waals surface area contributed by atoms with Crippen molar-refractivity contribution in [3.8, 4) is 0 Å². The molecular formula is C22H27N9O8S2. The number of aromatic nitrogens is 5. The Bertz CT molecular complexity index is 1480. The fourth-order valence-electron chi connectivity index (χ4n) is 3.85. The lowest BCUT2D eigenvalue weighted by Crippen LogP contribution is -2.74. The van der Waals surface area contributed by atoms with Crippen molar-refractivity contribution < 1.29 is 37.7 Å². The minimum Gasteiger partial charge on any atom is -0.427 e. The number of oxime groups is 1. The lowest BCUT2D eigenvalue weighted by molar-refractivity contribution is -0.173. The molecule has 2 aromatic rings. The largest absolute Gasteiger partial charge is 0.427 e. The van der Waals surface area contributed by atoms with Gasteiger partial charge in [-0.25, -0.2) is 9.78 Å². The van der Waals surface area contributed by atoms with Crippen molar-refractivity contribution in [2.24, 2.45) is 10.6 Å². The summed E-state index contributed by atoms with van der Waals surface area (Å²) in [7, 11) is -0.540. The van der Waals surface area contributed by atoms with E-state index in [1.54, 1.807) is 27.7 Å². The van der Waals surface area contributed by atoms with Crippen molar-refractivity contribution >= 4 is 56.7 Å². The minimum absolute atomic E-state index is 0.118. The number of anilines is 1. The molecule has 3 N–H and O–H groups in total. The maximum atomic E-state index is 13.3. The Balaban J connectivity index is 1.58. The maximum absolute atomic E-state index is 13.3. The van der Waals surface area contributed by atoms with Crippen LogP contribution in [0.3, 0.4) is 0 Å². The van der Waals surface area contributed by atoms with Crippen LogP contribution in [-0.4, -0.2) is 94.8 Å². The van der Waals surface area contributed by atoms with Gasteiger partial charge in [0, 0.05) is 5.38 Å². The van der Waals surface area contributed by atoms with Crippen LogP contribution in [0.15, 0.2) is 21.8 Å². The smallest absolute Gasteiger partial charge is 0.358 e. The number of hydrogen-bond donors (Lipinski definition) is 2. The summed E-state index contributed by atoms with van der Waals surface area (Å²) in [6.45, 7) is 5.67. The first-order chi connectivity index (χ1) is 19.3. The van der Waals surface area contributed by atoms with Crippen LogP contribution in [0.5, 0.6) is 0 Å². The average molecular weight is 610 g/mol. The number of aryl methyl sites for hydroxylation is 1. The molecule has 0 bridgehead atoms. The Labute approximate surface area is 239 Å². The molecule has 2 aliphatic heterocycles. The van der Waals surface area contributed by atoms with E-state index in [0.717, 1.165) is 16.2 Å². The van der Waals surface area contributed by atoms with Crippen molar-refractivity contribution in [3.05, 3.63) is 28.2 Å². The molecule has 2 amide bonds. The number of ether oxygens (including phenoxy) is 2. The van der Waals surface area contributed by atoms with E-state index in [4.69, 9.17) is 20.0 Å². The van der Waals surface area contributed by atoms with Crippen molar-refractivity contribution in [1.82, 2.24) is 35.4 Å². The van der Waals surface area contributed by atoms with Gasteiger partial charge >= 0.3 is 11.9 Å². The molecule has 1 unspecified atom stereocenters. The summed E-state index contributed by atoms with van der Waals surface area (Å²) < 4.78 is 23.5. The zero-order valence-electron chi connectivity index (χ0n) is 22.6. The normalized spacial score (nSPS) is 20.7. The number of carbonyl (C=O) groups is 4. The average Bonchev–Trinajstić information content (AvgIpc) is 3.51. The molecule has 4 rings (SSSR count). The number of nitrogens with one attached hydrogen (secondary N) is 1. The molecule has 2 aliphatic rings. The fourth-order valence-corrected chi connectivity index (χ4v) is 6.07. The van der Waals surface area contributed by atoms with E-state index < -0.39 is 58.2 Å². The van der Waals surface area contributed by atoms with Crippen molar-refractivity contribution in [2.45, 2.75) is 45.7 Å². The molecule has 0 saturated carbocycles. The molecule has 17 nitrogen and oxygen atoms in total. The number of amides is 2. The molecule has 41 heavy (non-hydrogen) atoms. The molecule has 19 heteroatoms. The van der Waals surface area contributed by atoms with E-state index in [0.29, 0.717) is 5.82 Å². The number of nitrogen functional groups attached to an aromatic ring is 1. The Morgan fingerprint density at radius 2 is 2.02 bits per heavy atom. The van der Waals surface area contributed by atoms with Crippen LogP contribution in [0.25, 0.3) is 0 Å². The van der Waals surface area contributed by atoms with Crippen LogP contribution in [0.4, 0.5) is 5.13 Å². The molecule has 0 spiro atoms. The summed E-state index contributed by atoms with van der Waals surface area (Å²) in [5.74, 6) is -2.99.